The number of carbonyl (C=O) groups is 4. The summed E-state index contributed by atoms with van der Waals surface area (Å²) in [5.74, 6) is -4.50. The van der Waals surface area contributed by atoms with Crippen LogP contribution in [-0.4, -0.2) is 65.6 Å². The molecule has 2 aromatic carbocycles. The van der Waals surface area contributed by atoms with Gasteiger partial charge in [0.15, 0.2) is 0 Å². The number of carbonyl (C=O) groups excluding carboxylic acids is 4. The van der Waals surface area contributed by atoms with Crippen molar-refractivity contribution in [1.29, 1.82) is 0 Å². The largest absolute Gasteiger partial charge is 0.425 e. The summed E-state index contributed by atoms with van der Waals surface area (Å²) in [5, 5.41) is 4.88. The number of fused-ring (bicyclic) bond motifs is 2. The molecular formula is C25H23F5N4O5. The summed E-state index contributed by atoms with van der Waals surface area (Å²) in [7, 11) is 1.33. The van der Waals surface area contributed by atoms with E-state index in [0.717, 1.165) is 12.1 Å². The van der Waals surface area contributed by atoms with Crippen molar-refractivity contribution < 1.29 is 45.9 Å². The summed E-state index contributed by atoms with van der Waals surface area (Å²) in [6.45, 7) is -1.34. The first-order valence-electron chi connectivity index (χ1n) is 11.7. The number of amides is 5. The number of nitrogens with zero attached hydrogens (tertiary/aromatic N) is 2. The van der Waals surface area contributed by atoms with E-state index in [9.17, 15) is 41.1 Å². The van der Waals surface area contributed by atoms with Crippen LogP contribution in [0.3, 0.4) is 0 Å². The highest BCUT2D eigenvalue weighted by Crippen LogP contribution is 2.45. The van der Waals surface area contributed by atoms with Crippen LogP contribution in [0.25, 0.3) is 0 Å². The standard InChI is InChI=1S/C25H23F5N4O5/c1-13(25(28,29)30)33(11-14-7-16(26)10-17(27)8-14)20(35)12-34-21(36)24(39-23(34)38)18-6-4-3-5-15(18)9-19(24)32-22(37)31-2/h3-8,10,13,19H,9,11-12H2,1-2H3,(H2,31,32,37)/t13-,19?,24?/m0/s1. The smallest absolute Gasteiger partial charge is 0.418 e. The first-order valence-corrected chi connectivity index (χ1v) is 11.7. The average Bonchev–Trinajstić information content (AvgIpc) is 3.29. The van der Waals surface area contributed by atoms with Gasteiger partial charge in [-0.25, -0.2) is 23.3 Å². The van der Waals surface area contributed by atoms with Gasteiger partial charge in [-0.1, -0.05) is 24.3 Å². The van der Waals surface area contributed by atoms with Crippen LogP contribution in [-0.2, 0) is 32.9 Å². The molecule has 1 heterocycles. The molecule has 0 saturated carbocycles. The van der Waals surface area contributed by atoms with E-state index in [1.807, 2.05) is 0 Å². The van der Waals surface area contributed by atoms with E-state index in [0.29, 0.717) is 23.5 Å². The van der Waals surface area contributed by atoms with E-state index >= 15 is 0 Å². The third-order valence-electron chi connectivity index (χ3n) is 6.73. The van der Waals surface area contributed by atoms with Crippen molar-refractivity contribution in [2.24, 2.45) is 0 Å². The van der Waals surface area contributed by atoms with Gasteiger partial charge in [-0.15, -0.1) is 0 Å². The Morgan fingerprint density at radius 3 is 2.41 bits per heavy atom. The summed E-state index contributed by atoms with van der Waals surface area (Å²) in [4.78, 5) is 52.4. The molecule has 2 aliphatic rings. The predicted molar refractivity (Wildman–Crippen MR) is 124 cm³/mol. The van der Waals surface area contributed by atoms with Crippen molar-refractivity contribution in [1.82, 2.24) is 20.4 Å². The average molecular weight is 554 g/mol. The number of halogens is 5. The number of urea groups is 1. The van der Waals surface area contributed by atoms with Crippen molar-refractivity contribution in [2.75, 3.05) is 13.6 Å². The molecule has 2 aromatic rings. The van der Waals surface area contributed by atoms with Crippen LogP contribution in [0.5, 0.6) is 0 Å². The van der Waals surface area contributed by atoms with Gasteiger partial charge in [0.2, 0.25) is 11.5 Å². The molecule has 0 radical (unpaired) electrons. The fraction of sp³-hybridized carbons (Fsp3) is 0.360. The molecule has 5 amide bonds. The molecule has 2 N–H and O–H groups in total. The second-order valence-electron chi connectivity index (χ2n) is 9.15. The first-order chi connectivity index (χ1) is 18.3. The zero-order valence-corrected chi connectivity index (χ0v) is 20.6. The second kappa shape index (κ2) is 10.2. The van der Waals surface area contributed by atoms with Gasteiger partial charge in [0, 0.05) is 25.2 Å². The molecule has 208 valence electrons. The fourth-order valence-electron chi connectivity index (χ4n) is 4.78. The number of nitrogens with one attached hydrogen (secondary N) is 2. The lowest BCUT2D eigenvalue weighted by Crippen LogP contribution is -2.56. The van der Waals surface area contributed by atoms with Crippen LogP contribution in [0, 0.1) is 11.6 Å². The van der Waals surface area contributed by atoms with Crippen LogP contribution >= 0.6 is 0 Å². The topological polar surface area (TPSA) is 108 Å². The molecular weight excluding hydrogens is 531 g/mol. The molecule has 0 bridgehead atoms. The summed E-state index contributed by atoms with van der Waals surface area (Å²) < 4.78 is 73.7. The molecule has 1 saturated heterocycles. The Hall–Kier alpha value is -4.23. The molecule has 1 aliphatic heterocycles. The molecule has 39 heavy (non-hydrogen) atoms. The molecule has 3 atom stereocenters. The van der Waals surface area contributed by atoms with E-state index in [4.69, 9.17) is 4.74 Å². The number of rotatable bonds is 6. The van der Waals surface area contributed by atoms with E-state index in [1.54, 1.807) is 18.2 Å². The third-order valence-corrected chi connectivity index (χ3v) is 6.73. The SMILES string of the molecule is CNC(=O)NC1Cc2ccccc2C12OC(=O)N(CC(=O)N(Cc1cc(F)cc(F)c1)[C@@H](C)C(F)(F)F)C2=O. The Balaban J connectivity index is 1.65. The number of ether oxygens (including phenoxy) is 1. The van der Waals surface area contributed by atoms with Crippen molar-refractivity contribution >= 4 is 23.9 Å². The molecule has 2 unspecified atom stereocenters. The Kier molecular flexibility index (Phi) is 7.23. The van der Waals surface area contributed by atoms with Gasteiger partial charge >= 0.3 is 18.3 Å². The third kappa shape index (κ3) is 5.10. The highest BCUT2D eigenvalue weighted by atomic mass is 19.4. The minimum Gasteiger partial charge on any atom is -0.425 e. The molecule has 14 heteroatoms. The van der Waals surface area contributed by atoms with Crippen LogP contribution in [0.1, 0.15) is 23.6 Å². The molecule has 0 aromatic heterocycles. The number of hydrogen-bond acceptors (Lipinski definition) is 5. The summed E-state index contributed by atoms with van der Waals surface area (Å²) in [5.41, 5.74) is -1.49. The maximum Gasteiger partial charge on any atom is 0.418 e. The van der Waals surface area contributed by atoms with E-state index in [1.165, 1.54) is 13.1 Å². The van der Waals surface area contributed by atoms with Gasteiger partial charge in [-0.05, 0) is 36.6 Å². The minimum absolute atomic E-state index is 0.0900. The van der Waals surface area contributed by atoms with Gasteiger partial charge in [-0.2, -0.15) is 13.2 Å². The van der Waals surface area contributed by atoms with Gasteiger partial charge in [0.05, 0.1) is 6.04 Å². The molecule has 1 spiro atoms. The molecule has 1 aliphatic carbocycles. The predicted octanol–water partition coefficient (Wildman–Crippen LogP) is 2.97. The highest BCUT2D eigenvalue weighted by molar-refractivity contribution is 6.07. The van der Waals surface area contributed by atoms with Crippen molar-refractivity contribution in [3.63, 3.8) is 0 Å². The monoisotopic (exact) mass is 554 g/mol. The maximum atomic E-state index is 13.7. The first kappa shape index (κ1) is 27.8. The maximum absolute atomic E-state index is 13.7. The van der Waals surface area contributed by atoms with Gasteiger partial charge in [-0.3, -0.25) is 9.59 Å². The van der Waals surface area contributed by atoms with Crippen LogP contribution in [0.2, 0.25) is 0 Å². The van der Waals surface area contributed by atoms with Gasteiger partial charge < -0.3 is 20.3 Å². The lowest BCUT2D eigenvalue weighted by Gasteiger charge is -2.32. The second-order valence-corrected chi connectivity index (χ2v) is 9.15. The number of hydrogen-bond donors (Lipinski definition) is 2. The Morgan fingerprint density at radius 2 is 1.79 bits per heavy atom. The van der Waals surface area contributed by atoms with Crippen molar-refractivity contribution in [3.05, 3.63) is 70.8 Å². The highest BCUT2D eigenvalue weighted by Gasteiger charge is 2.64. The number of imide groups is 1. The number of benzene rings is 2. The lowest BCUT2D eigenvalue weighted by molar-refractivity contribution is -0.187. The van der Waals surface area contributed by atoms with Crippen LogP contribution < -0.4 is 10.6 Å². The van der Waals surface area contributed by atoms with Crippen molar-refractivity contribution in [3.8, 4) is 0 Å². The summed E-state index contributed by atoms with van der Waals surface area (Å²) in [6, 6.07) is 4.26. The van der Waals surface area contributed by atoms with E-state index in [-0.39, 0.29) is 22.4 Å². The summed E-state index contributed by atoms with van der Waals surface area (Å²) in [6.07, 6.45) is -6.15. The Bertz CT molecular complexity index is 1320. The van der Waals surface area contributed by atoms with Gasteiger partial charge in [0.25, 0.3) is 5.91 Å². The Labute approximate surface area is 218 Å². The fourth-order valence-corrected chi connectivity index (χ4v) is 4.78. The molecule has 9 nitrogen and oxygen atoms in total. The zero-order valence-electron chi connectivity index (χ0n) is 20.6. The minimum atomic E-state index is -4.94. The van der Waals surface area contributed by atoms with Gasteiger partial charge in [0.1, 0.15) is 24.2 Å². The van der Waals surface area contributed by atoms with Crippen LogP contribution in [0.15, 0.2) is 42.5 Å². The lowest BCUT2D eigenvalue weighted by atomic mass is 9.91. The van der Waals surface area contributed by atoms with Crippen LogP contribution in [0.4, 0.5) is 31.5 Å². The van der Waals surface area contributed by atoms with E-state index < -0.39 is 72.5 Å². The molecule has 1 fully saturated rings. The van der Waals surface area contributed by atoms with Crippen molar-refractivity contribution in [2.45, 2.75) is 43.8 Å². The quantitative estimate of drug-likeness (QED) is 0.534. The normalized spacial score (nSPS) is 21.0. The number of alkyl halides is 3. The molecule has 4 rings (SSSR count). The Morgan fingerprint density at radius 1 is 1.15 bits per heavy atom. The summed E-state index contributed by atoms with van der Waals surface area (Å²) >= 11 is 0. The van der Waals surface area contributed by atoms with E-state index in [2.05, 4.69) is 10.6 Å². The zero-order chi connectivity index (χ0) is 28.7.